The van der Waals surface area contributed by atoms with E-state index in [9.17, 15) is 4.79 Å². The number of hydrogen-bond acceptors (Lipinski definition) is 1. The van der Waals surface area contributed by atoms with Gasteiger partial charge in [0.05, 0.1) is 0 Å². The smallest absolute Gasteiger partial charge is 0.279 e. The number of benzene rings is 2. The van der Waals surface area contributed by atoms with Crippen molar-refractivity contribution in [3.8, 4) is 0 Å². The molecule has 22 heavy (non-hydrogen) atoms. The standard InChI is InChI=1S/C17H18Cl2N2O/c1-11-6-7-15(19)9-16(11)21-17(22)10-20-12(2)13-4-3-5-14(18)8-13/h3-9,12,20H,10H2,1-2H3,(H,21,22)/p+1/t12-/m1/s1. The third-order valence-corrected chi connectivity index (χ3v) is 3.98. The highest BCUT2D eigenvalue weighted by molar-refractivity contribution is 6.31. The van der Waals surface area contributed by atoms with Gasteiger partial charge < -0.3 is 10.6 Å². The van der Waals surface area contributed by atoms with Crippen LogP contribution in [0, 0.1) is 6.92 Å². The molecule has 2 aromatic rings. The van der Waals surface area contributed by atoms with Crippen LogP contribution >= 0.6 is 23.2 Å². The molecule has 0 saturated heterocycles. The first kappa shape index (κ1) is 16.8. The number of aryl methyl sites for hydroxylation is 1. The molecule has 2 aromatic carbocycles. The number of carbonyl (C=O) groups is 1. The molecule has 2 rings (SSSR count). The third-order valence-electron chi connectivity index (χ3n) is 3.50. The van der Waals surface area contributed by atoms with Crippen LogP contribution in [-0.2, 0) is 4.79 Å². The molecule has 0 aliphatic heterocycles. The maximum atomic E-state index is 12.1. The highest BCUT2D eigenvalue weighted by atomic mass is 35.5. The summed E-state index contributed by atoms with van der Waals surface area (Å²) in [6, 6.07) is 13.3. The normalized spacial score (nSPS) is 12.0. The van der Waals surface area contributed by atoms with Gasteiger partial charge in [0.1, 0.15) is 6.04 Å². The van der Waals surface area contributed by atoms with Gasteiger partial charge in [0, 0.05) is 21.3 Å². The van der Waals surface area contributed by atoms with Crippen molar-refractivity contribution in [1.29, 1.82) is 0 Å². The molecule has 0 aliphatic carbocycles. The van der Waals surface area contributed by atoms with Crippen LogP contribution in [-0.4, -0.2) is 12.5 Å². The number of halogens is 2. The zero-order valence-electron chi connectivity index (χ0n) is 12.6. The summed E-state index contributed by atoms with van der Waals surface area (Å²) in [5, 5.41) is 6.18. The molecule has 0 unspecified atom stereocenters. The van der Waals surface area contributed by atoms with Gasteiger partial charge in [0.25, 0.3) is 5.91 Å². The minimum Gasteiger partial charge on any atom is -0.333 e. The Morgan fingerprint density at radius 3 is 2.64 bits per heavy atom. The van der Waals surface area contributed by atoms with Gasteiger partial charge in [0.15, 0.2) is 6.54 Å². The molecule has 0 saturated carbocycles. The lowest BCUT2D eigenvalue weighted by atomic mass is 10.1. The van der Waals surface area contributed by atoms with Gasteiger partial charge in [-0.3, -0.25) is 4.79 Å². The first-order valence-corrected chi connectivity index (χ1v) is 7.86. The Balaban J connectivity index is 1.91. The zero-order valence-corrected chi connectivity index (χ0v) is 14.1. The lowest BCUT2D eigenvalue weighted by molar-refractivity contribution is -0.682. The van der Waals surface area contributed by atoms with Crippen molar-refractivity contribution >= 4 is 34.8 Å². The predicted octanol–water partition coefficient (Wildman–Crippen LogP) is 3.56. The SMILES string of the molecule is Cc1ccc(Cl)cc1NC(=O)C[NH2+][C@H](C)c1cccc(Cl)c1. The number of quaternary nitrogens is 1. The quantitative estimate of drug-likeness (QED) is 0.860. The molecular weight excluding hydrogens is 319 g/mol. The van der Waals surface area contributed by atoms with Crippen LogP contribution in [0.2, 0.25) is 10.0 Å². The van der Waals surface area contributed by atoms with Crippen molar-refractivity contribution in [3.63, 3.8) is 0 Å². The molecule has 0 heterocycles. The maximum absolute atomic E-state index is 12.1. The molecule has 116 valence electrons. The second-order valence-electron chi connectivity index (χ2n) is 5.29. The first-order valence-electron chi connectivity index (χ1n) is 7.10. The number of rotatable bonds is 5. The van der Waals surface area contributed by atoms with Crippen LogP contribution in [0.5, 0.6) is 0 Å². The van der Waals surface area contributed by atoms with Crippen LogP contribution in [0.15, 0.2) is 42.5 Å². The van der Waals surface area contributed by atoms with E-state index < -0.39 is 0 Å². The number of hydrogen-bond donors (Lipinski definition) is 2. The van der Waals surface area contributed by atoms with E-state index in [0.29, 0.717) is 16.6 Å². The van der Waals surface area contributed by atoms with Gasteiger partial charge in [-0.05, 0) is 43.7 Å². The summed E-state index contributed by atoms with van der Waals surface area (Å²) in [5.74, 6) is -0.0563. The molecular formula is C17H19Cl2N2O+. The molecule has 0 aromatic heterocycles. The molecule has 1 amide bonds. The lowest BCUT2D eigenvalue weighted by Gasteiger charge is -2.12. The summed E-state index contributed by atoms with van der Waals surface area (Å²) < 4.78 is 0. The van der Waals surface area contributed by atoms with Crippen molar-refractivity contribution < 1.29 is 10.1 Å². The fraction of sp³-hybridized carbons (Fsp3) is 0.235. The number of anilines is 1. The van der Waals surface area contributed by atoms with Gasteiger partial charge >= 0.3 is 0 Å². The van der Waals surface area contributed by atoms with Crippen LogP contribution in [0.4, 0.5) is 5.69 Å². The van der Waals surface area contributed by atoms with Crippen LogP contribution < -0.4 is 10.6 Å². The Labute approximate surface area is 140 Å². The molecule has 5 heteroatoms. The summed E-state index contributed by atoms with van der Waals surface area (Å²) in [6.45, 7) is 4.31. The Morgan fingerprint density at radius 2 is 1.91 bits per heavy atom. The Bertz CT molecular complexity index is 673. The summed E-state index contributed by atoms with van der Waals surface area (Å²) in [7, 11) is 0. The fourth-order valence-electron chi connectivity index (χ4n) is 2.14. The van der Waals surface area contributed by atoms with Gasteiger partial charge in [-0.1, -0.05) is 41.4 Å². The second kappa shape index (κ2) is 7.63. The van der Waals surface area contributed by atoms with E-state index in [1.807, 2.05) is 49.5 Å². The molecule has 0 fully saturated rings. The molecule has 3 N–H and O–H groups in total. The Kier molecular flexibility index (Phi) is 5.83. The minimum absolute atomic E-state index is 0.0563. The van der Waals surface area contributed by atoms with Crippen LogP contribution in [0.1, 0.15) is 24.1 Å². The largest absolute Gasteiger partial charge is 0.333 e. The van der Waals surface area contributed by atoms with Gasteiger partial charge in [-0.25, -0.2) is 0 Å². The highest BCUT2D eigenvalue weighted by Crippen LogP contribution is 2.20. The summed E-state index contributed by atoms with van der Waals surface area (Å²) >= 11 is 11.9. The maximum Gasteiger partial charge on any atom is 0.279 e. The number of amides is 1. The van der Waals surface area contributed by atoms with Crippen molar-refractivity contribution in [2.75, 3.05) is 11.9 Å². The molecule has 3 nitrogen and oxygen atoms in total. The summed E-state index contributed by atoms with van der Waals surface area (Å²) in [6.07, 6.45) is 0. The summed E-state index contributed by atoms with van der Waals surface area (Å²) in [4.78, 5) is 12.1. The topological polar surface area (TPSA) is 45.7 Å². The predicted molar refractivity (Wildman–Crippen MR) is 91.5 cm³/mol. The lowest BCUT2D eigenvalue weighted by Crippen LogP contribution is -2.86. The van der Waals surface area contributed by atoms with Crippen molar-refractivity contribution in [2.45, 2.75) is 19.9 Å². The van der Waals surface area contributed by atoms with Crippen molar-refractivity contribution in [2.24, 2.45) is 0 Å². The molecule has 0 radical (unpaired) electrons. The Morgan fingerprint density at radius 1 is 1.18 bits per heavy atom. The number of carbonyl (C=O) groups excluding carboxylic acids is 1. The van der Waals surface area contributed by atoms with E-state index in [1.54, 1.807) is 12.1 Å². The van der Waals surface area contributed by atoms with Gasteiger partial charge in [-0.2, -0.15) is 0 Å². The second-order valence-corrected chi connectivity index (χ2v) is 6.16. The van der Waals surface area contributed by atoms with Gasteiger partial charge in [0.2, 0.25) is 0 Å². The van der Waals surface area contributed by atoms with Crippen molar-refractivity contribution in [3.05, 3.63) is 63.6 Å². The van der Waals surface area contributed by atoms with Crippen molar-refractivity contribution in [1.82, 2.24) is 0 Å². The molecule has 0 aliphatic rings. The Hall–Kier alpha value is -1.55. The zero-order chi connectivity index (χ0) is 16.1. The van der Waals surface area contributed by atoms with E-state index in [-0.39, 0.29) is 11.9 Å². The van der Waals surface area contributed by atoms with E-state index in [2.05, 4.69) is 5.32 Å². The average Bonchev–Trinajstić information content (AvgIpc) is 2.48. The highest BCUT2D eigenvalue weighted by Gasteiger charge is 2.12. The average molecular weight is 338 g/mol. The molecule has 0 bridgehead atoms. The number of nitrogens with two attached hydrogens (primary N) is 1. The first-order chi connectivity index (χ1) is 10.5. The molecule has 1 atom stereocenters. The summed E-state index contributed by atoms with van der Waals surface area (Å²) in [5.41, 5.74) is 2.83. The fourth-order valence-corrected chi connectivity index (χ4v) is 2.51. The van der Waals surface area contributed by atoms with E-state index in [1.165, 1.54) is 0 Å². The minimum atomic E-state index is -0.0563. The monoisotopic (exact) mass is 337 g/mol. The van der Waals surface area contributed by atoms with Crippen LogP contribution in [0.3, 0.4) is 0 Å². The van der Waals surface area contributed by atoms with E-state index in [0.717, 1.165) is 16.8 Å². The molecule has 0 spiro atoms. The van der Waals surface area contributed by atoms with Crippen LogP contribution in [0.25, 0.3) is 0 Å². The van der Waals surface area contributed by atoms with E-state index >= 15 is 0 Å². The van der Waals surface area contributed by atoms with Gasteiger partial charge in [-0.15, -0.1) is 0 Å². The number of nitrogens with one attached hydrogen (secondary N) is 1. The van der Waals surface area contributed by atoms with E-state index in [4.69, 9.17) is 23.2 Å². The third kappa shape index (κ3) is 4.73.